The Balaban J connectivity index is 1.67. The van der Waals surface area contributed by atoms with Crippen molar-refractivity contribution in [2.45, 2.75) is 19.0 Å². The summed E-state index contributed by atoms with van der Waals surface area (Å²) in [6, 6.07) is 9.05. The van der Waals surface area contributed by atoms with Crippen molar-refractivity contribution in [3.8, 4) is 5.75 Å². The first-order valence-electron chi connectivity index (χ1n) is 7.13. The molecule has 0 atom stereocenters. The minimum atomic E-state index is -0.0764. The van der Waals surface area contributed by atoms with Gasteiger partial charge in [0.25, 0.3) is 0 Å². The number of aromatic nitrogens is 2. The zero-order valence-corrected chi connectivity index (χ0v) is 14.6. The highest BCUT2D eigenvalue weighted by Crippen LogP contribution is 2.17. The van der Waals surface area contributed by atoms with Crippen LogP contribution in [0.15, 0.2) is 35.5 Å². The van der Waals surface area contributed by atoms with E-state index in [1.165, 1.54) is 11.8 Å². The highest BCUT2D eigenvalue weighted by molar-refractivity contribution is 7.99. The van der Waals surface area contributed by atoms with E-state index >= 15 is 0 Å². The first-order valence-corrected chi connectivity index (χ1v) is 8.49. The van der Waals surface area contributed by atoms with Gasteiger partial charge in [-0.3, -0.25) is 4.79 Å². The summed E-state index contributed by atoms with van der Waals surface area (Å²) in [4.78, 5) is 20.4. The second kappa shape index (κ2) is 8.74. The van der Waals surface area contributed by atoms with Crippen LogP contribution in [-0.2, 0) is 4.79 Å². The molecule has 0 unspecified atom stereocenters. The lowest BCUT2D eigenvalue weighted by atomic mass is 10.3. The van der Waals surface area contributed by atoms with Gasteiger partial charge in [-0.1, -0.05) is 29.4 Å². The first-order chi connectivity index (χ1) is 11.0. The molecule has 0 bridgehead atoms. The molecule has 2 aromatic rings. The van der Waals surface area contributed by atoms with Crippen molar-refractivity contribution in [2.75, 3.05) is 18.9 Å². The molecule has 1 heterocycles. The summed E-state index contributed by atoms with van der Waals surface area (Å²) in [6.07, 6.45) is 0. The average Bonchev–Trinajstić information content (AvgIpc) is 2.49. The molecule has 1 aromatic heterocycles. The lowest BCUT2D eigenvalue weighted by molar-refractivity contribution is -0.118. The predicted octanol–water partition coefficient (Wildman–Crippen LogP) is 3.03. The van der Waals surface area contributed by atoms with E-state index in [-0.39, 0.29) is 11.7 Å². The Kier molecular flexibility index (Phi) is 6.67. The monoisotopic (exact) mass is 351 g/mol. The van der Waals surface area contributed by atoms with Crippen LogP contribution in [0.3, 0.4) is 0 Å². The van der Waals surface area contributed by atoms with Gasteiger partial charge in [-0.25, -0.2) is 9.97 Å². The Morgan fingerprint density at radius 3 is 2.70 bits per heavy atom. The standard InChI is InChI=1S/C16H18ClN3O2S/c1-11-8-12(2)20-16(19-11)23-10-15(21)18-6-7-22-14-5-3-4-13(17)9-14/h3-5,8-9H,6-7,10H2,1-2H3,(H,18,21). The van der Waals surface area contributed by atoms with Gasteiger partial charge in [-0.05, 0) is 38.1 Å². The largest absolute Gasteiger partial charge is 0.492 e. The summed E-state index contributed by atoms with van der Waals surface area (Å²) < 4.78 is 5.50. The van der Waals surface area contributed by atoms with Crippen LogP contribution in [-0.4, -0.2) is 34.8 Å². The summed E-state index contributed by atoms with van der Waals surface area (Å²) in [5.41, 5.74) is 1.80. The highest BCUT2D eigenvalue weighted by atomic mass is 35.5. The number of thioether (sulfide) groups is 1. The van der Waals surface area contributed by atoms with Crippen LogP contribution in [0.25, 0.3) is 0 Å². The van der Waals surface area contributed by atoms with Gasteiger partial charge in [0.1, 0.15) is 12.4 Å². The Morgan fingerprint density at radius 1 is 1.26 bits per heavy atom. The van der Waals surface area contributed by atoms with Gasteiger partial charge >= 0.3 is 0 Å². The third-order valence-electron chi connectivity index (χ3n) is 2.78. The predicted molar refractivity (Wildman–Crippen MR) is 92.2 cm³/mol. The summed E-state index contributed by atoms with van der Waals surface area (Å²) in [7, 11) is 0. The number of aryl methyl sites for hydroxylation is 2. The van der Waals surface area contributed by atoms with Crippen molar-refractivity contribution >= 4 is 29.3 Å². The third kappa shape index (κ3) is 6.46. The summed E-state index contributed by atoms with van der Waals surface area (Å²) in [6.45, 7) is 4.63. The Labute approximate surface area is 144 Å². The van der Waals surface area contributed by atoms with Crippen LogP contribution in [0.4, 0.5) is 0 Å². The molecule has 7 heteroatoms. The summed E-state index contributed by atoms with van der Waals surface area (Å²) in [5.74, 6) is 0.886. The minimum absolute atomic E-state index is 0.0764. The number of ether oxygens (including phenoxy) is 1. The fourth-order valence-corrected chi connectivity index (χ4v) is 2.81. The number of nitrogens with one attached hydrogen (secondary N) is 1. The van der Waals surface area contributed by atoms with Gasteiger partial charge in [-0.2, -0.15) is 0 Å². The molecule has 0 saturated carbocycles. The number of carbonyl (C=O) groups is 1. The molecule has 2 rings (SSSR count). The van der Waals surface area contributed by atoms with Gasteiger partial charge < -0.3 is 10.1 Å². The summed E-state index contributed by atoms with van der Waals surface area (Å²) in [5, 5.41) is 4.03. The molecule has 0 spiro atoms. The molecule has 23 heavy (non-hydrogen) atoms. The SMILES string of the molecule is Cc1cc(C)nc(SCC(=O)NCCOc2cccc(Cl)c2)n1. The van der Waals surface area contributed by atoms with E-state index in [1.807, 2.05) is 32.0 Å². The van der Waals surface area contributed by atoms with Crippen LogP contribution in [0.5, 0.6) is 5.75 Å². The number of amides is 1. The maximum atomic E-state index is 11.8. The van der Waals surface area contributed by atoms with Crippen molar-refractivity contribution in [2.24, 2.45) is 0 Å². The Morgan fingerprint density at radius 2 is 2.00 bits per heavy atom. The second-order valence-corrected chi connectivity index (χ2v) is 6.26. The number of carbonyl (C=O) groups excluding carboxylic acids is 1. The van der Waals surface area contributed by atoms with Gasteiger partial charge in [0, 0.05) is 16.4 Å². The van der Waals surface area contributed by atoms with Crippen LogP contribution in [0, 0.1) is 13.8 Å². The number of hydrogen-bond donors (Lipinski definition) is 1. The van der Waals surface area contributed by atoms with Crippen molar-refractivity contribution in [3.05, 3.63) is 46.7 Å². The molecule has 1 amide bonds. The van der Waals surface area contributed by atoms with E-state index in [1.54, 1.807) is 12.1 Å². The molecule has 5 nitrogen and oxygen atoms in total. The van der Waals surface area contributed by atoms with E-state index < -0.39 is 0 Å². The van der Waals surface area contributed by atoms with E-state index in [4.69, 9.17) is 16.3 Å². The molecule has 0 aliphatic carbocycles. The van der Waals surface area contributed by atoms with Crippen molar-refractivity contribution in [1.29, 1.82) is 0 Å². The van der Waals surface area contributed by atoms with E-state index in [2.05, 4.69) is 15.3 Å². The van der Waals surface area contributed by atoms with E-state index in [0.29, 0.717) is 29.1 Å². The quantitative estimate of drug-likeness (QED) is 0.472. The van der Waals surface area contributed by atoms with Crippen LogP contribution in [0.2, 0.25) is 5.02 Å². The fourth-order valence-electron chi connectivity index (χ4n) is 1.86. The van der Waals surface area contributed by atoms with Gasteiger partial charge in [0.15, 0.2) is 5.16 Å². The van der Waals surface area contributed by atoms with Crippen LogP contribution < -0.4 is 10.1 Å². The summed E-state index contributed by atoms with van der Waals surface area (Å²) >= 11 is 7.19. The number of benzene rings is 1. The molecule has 0 fully saturated rings. The normalized spacial score (nSPS) is 10.4. The zero-order chi connectivity index (χ0) is 16.7. The lowest BCUT2D eigenvalue weighted by Crippen LogP contribution is -2.29. The lowest BCUT2D eigenvalue weighted by Gasteiger charge is -2.08. The zero-order valence-electron chi connectivity index (χ0n) is 13.0. The van der Waals surface area contributed by atoms with Crippen LogP contribution in [0.1, 0.15) is 11.4 Å². The molecular formula is C16H18ClN3O2S. The third-order valence-corrected chi connectivity index (χ3v) is 3.87. The molecule has 1 N–H and O–H groups in total. The van der Waals surface area contributed by atoms with Crippen LogP contribution >= 0.6 is 23.4 Å². The van der Waals surface area contributed by atoms with Gasteiger partial charge in [0.2, 0.25) is 5.91 Å². The molecule has 0 saturated heterocycles. The molecule has 0 radical (unpaired) electrons. The van der Waals surface area contributed by atoms with Crippen molar-refractivity contribution in [1.82, 2.24) is 15.3 Å². The highest BCUT2D eigenvalue weighted by Gasteiger charge is 2.06. The molecule has 122 valence electrons. The molecular weight excluding hydrogens is 334 g/mol. The maximum absolute atomic E-state index is 11.8. The molecule has 1 aromatic carbocycles. The minimum Gasteiger partial charge on any atom is -0.492 e. The van der Waals surface area contributed by atoms with Crippen molar-refractivity contribution < 1.29 is 9.53 Å². The van der Waals surface area contributed by atoms with Gasteiger partial charge in [-0.15, -0.1) is 0 Å². The molecule has 0 aliphatic heterocycles. The maximum Gasteiger partial charge on any atom is 0.230 e. The van der Waals surface area contributed by atoms with E-state index in [9.17, 15) is 4.79 Å². The smallest absolute Gasteiger partial charge is 0.230 e. The first kappa shape index (κ1) is 17.6. The topological polar surface area (TPSA) is 64.1 Å². The van der Waals surface area contributed by atoms with Crippen molar-refractivity contribution in [3.63, 3.8) is 0 Å². The second-order valence-electron chi connectivity index (χ2n) is 4.88. The van der Waals surface area contributed by atoms with E-state index in [0.717, 1.165) is 11.4 Å². The number of rotatable bonds is 7. The fraction of sp³-hybridized carbons (Fsp3) is 0.312. The Hall–Kier alpha value is -1.79. The van der Waals surface area contributed by atoms with Gasteiger partial charge in [0.05, 0.1) is 12.3 Å². The molecule has 0 aliphatic rings. The average molecular weight is 352 g/mol. The number of hydrogen-bond acceptors (Lipinski definition) is 5. The number of halogens is 1. The number of nitrogens with zero attached hydrogens (tertiary/aromatic N) is 2. The Bertz CT molecular complexity index is 662.